The second kappa shape index (κ2) is 11.9. The Hall–Kier alpha value is -7.63. The van der Waals surface area contributed by atoms with Crippen LogP contribution in [-0.2, 0) is 0 Å². The molecule has 9 aromatic carbocycles. The maximum absolute atomic E-state index is 6.62. The fourth-order valence-corrected chi connectivity index (χ4v) is 8.54. The second-order valence-electron chi connectivity index (χ2n) is 14.3. The van der Waals surface area contributed by atoms with Crippen LogP contribution in [0, 0.1) is 0 Å². The summed E-state index contributed by atoms with van der Waals surface area (Å²) in [4.78, 5) is 15.7. The van der Waals surface area contributed by atoms with Crippen molar-refractivity contribution in [3.63, 3.8) is 0 Å². The molecule has 5 heteroatoms. The van der Waals surface area contributed by atoms with Crippen LogP contribution in [0.1, 0.15) is 0 Å². The van der Waals surface area contributed by atoms with E-state index in [0.29, 0.717) is 17.5 Å². The Morgan fingerprint density at radius 3 is 1.75 bits per heavy atom. The van der Waals surface area contributed by atoms with Crippen molar-refractivity contribution in [2.45, 2.75) is 0 Å². The van der Waals surface area contributed by atoms with Gasteiger partial charge in [-0.25, -0.2) is 15.0 Å². The van der Waals surface area contributed by atoms with E-state index >= 15 is 0 Å². The molecule has 260 valence electrons. The van der Waals surface area contributed by atoms with E-state index in [-0.39, 0.29) is 0 Å². The number of rotatable bonds is 4. The lowest BCUT2D eigenvalue weighted by atomic mass is 9.96. The SMILES string of the molecule is c1ccc(-c2nc(-c3cc4ccccc4c4ccccc34)nc(-c3cccc4oc5cccc(-c6ccc7c(c6)oc6c8ccccc8ccc76)c5c34)n2)cc1. The molecule has 0 bridgehead atoms. The van der Waals surface area contributed by atoms with Crippen molar-refractivity contribution in [1.29, 1.82) is 0 Å². The molecule has 0 aliphatic rings. The third kappa shape index (κ3) is 4.64. The maximum Gasteiger partial charge on any atom is 0.164 e. The zero-order chi connectivity index (χ0) is 36.7. The van der Waals surface area contributed by atoms with Crippen LogP contribution in [0.5, 0.6) is 0 Å². The summed E-state index contributed by atoms with van der Waals surface area (Å²) < 4.78 is 13.2. The van der Waals surface area contributed by atoms with Gasteiger partial charge < -0.3 is 8.83 Å². The average Bonchev–Trinajstić information content (AvgIpc) is 3.85. The quantitative estimate of drug-likeness (QED) is 0.170. The molecule has 0 spiro atoms. The molecule has 0 saturated heterocycles. The molecular weight excluding hydrogens is 687 g/mol. The molecule has 3 heterocycles. The van der Waals surface area contributed by atoms with Crippen molar-refractivity contribution >= 4 is 76.2 Å². The smallest absolute Gasteiger partial charge is 0.164 e. The molecule has 12 aromatic rings. The summed E-state index contributed by atoms with van der Waals surface area (Å²) in [5.41, 5.74) is 8.12. The summed E-state index contributed by atoms with van der Waals surface area (Å²) in [5, 5.41) is 11.0. The van der Waals surface area contributed by atoms with Gasteiger partial charge in [-0.15, -0.1) is 0 Å². The van der Waals surface area contributed by atoms with Crippen LogP contribution in [0.25, 0.3) is 121 Å². The number of hydrogen-bond donors (Lipinski definition) is 0. The van der Waals surface area contributed by atoms with Crippen molar-refractivity contribution in [2.75, 3.05) is 0 Å². The summed E-state index contributed by atoms with van der Waals surface area (Å²) in [7, 11) is 0. The predicted octanol–water partition coefficient (Wildman–Crippen LogP) is 13.8. The highest BCUT2D eigenvalue weighted by molar-refractivity contribution is 6.19. The van der Waals surface area contributed by atoms with Gasteiger partial charge in [-0.1, -0.05) is 140 Å². The van der Waals surface area contributed by atoms with Gasteiger partial charge in [0.2, 0.25) is 0 Å². The van der Waals surface area contributed by atoms with Crippen LogP contribution >= 0.6 is 0 Å². The molecular formula is C51H29N3O2. The third-order valence-corrected chi connectivity index (χ3v) is 11.1. The van der Waals surface area contributed by atoms with Gasteiger partial charge in [-0.2, -0.15) is 0 Å². The minimum atomic E-state index is 0.578. The molecule has 0 unspecified atom stereocenters. The molecule has 12 rings (SSSR count). The molecule has 0 amide bonds. The van der Waals surface area contributed by atoms with Gasteiger partial charge in [-0.3, -0.25) is 0 Å². The van der Waals surface area contributed by atoms with Gasteiger partial charge in [0.15, 0.2) is 17.5 Å². The fraction of sp³-hybridized carbons (Fsp3) is 0. The van der Waals surface area contributed by atoms with Crippen molar-refractivity contribution in [3.05, 3.63) is 176 Å². The Labute approximate surface area is 320 Å². The lowest BCUT2D eigenvalue weighted by Gasteiger charge is -2.13. The number of fused-ring (bicyclic) bond motifs is 11. The van der Waals surface area contributed by atoms with Gasteiger partial charge in [0.1, 0.15) is 22.3 Å². The average molecular weight is 716 g/mol. The Bertz CT molecular complexity index is 3550. The van der Waals surface area contributed by atoms with Gasteiger partial charge in [0, 0.05) is 43.6 Å². The summed E-state index contributed by atoms with van der Waals surface area (Å²) in [6.07, 6.45) is 0. The molecule has 0 N–H and O–H groups in total. The standard InChI is InChI=1S/C51H29N3O2/c1-2-13-31(14-3-1)49-52-50(54-51(53-49)42-28-32-15-5-6-16-34(32)37-18-8-9-19-38(37)42)41-21-11-23-44-47(41)46-35(20-10-22-43(46)55-44)33-25-26-39-40-27-24-30-12-4-7-17-36(30)48(40)56-45(39)29-33/h1-29H. The minimum absolute atomic E-state index is 0.578. The monoisotopic (exact) mass is 715 g/mol. The molecule has 0 aliphatic carbocycles. The van der Waals surface area contributed by atoms with E-state index < -0.39 is 0 Å². The zero-order valence-corrected chi connectivity index (χ0v) is 29.9. The van der Waals surface area contributed by atoms with Gasteiger partial charge in [0.05, 0.1) is 0 Å². The fourth-order valence-electron chi connectivity index (χ4n) is 8.54. The summed E-state index contributed by atoms with van der Waals surface area (Å²) in [6.45, 7) is 0. The Morgan fingerprint density at radius 1 is 0.304 bits per heavy atom. The highest BCUT2D eigenvalue weighted by atomic mass is 16.3. The highest BCUT2D eigenvalue weighted by Gasteiger charge is 2.22. The van der Waals surface area contributed by atoms with Crippen LogP contribution < -0.4 is 0 Å². The topological polar surface area (TPSA) is 65.0 Å². The Morgan fingerprint density at radius 2 is 0.929 bits per heavy atom. The van der Waals surface area contributed by atoms with Crippen LogP contribution in [0.2, 0.25) is 0 Å². The van der Waals surface area contributed by atoms with Crippen LogP contribution in [0.3, 0.4) is 0 Å². The van der Waals surface area contributed by atoms with E-state index in [1.165, 1.54) is 5.39 Å². The minimum Gasteiger partial charge on any atom is -0.456 e. The predicted molar refractivity (Wildman–Crippen MR) is 229 cm³/mol. The first kappa shape index (κ1) is 30.8. The molecule has 0 radical (unpaired) electrons. The van der Waals surface area contributed by atoms with Crippen molar-refractivity contribution in [3.8, 4) is 45.3 Å². The lowest BCUT2D eigenvalue weighted by molar-refractivity contribution is 0.669. The lowest BCUT2D eigenvalue weighted by Crippen LogP contribution is -2.01. The summed E-state index contributed by atoms with van der Waals surface area (Å²) >= 11 is 0. The highest BCUT2D eigenvalue weighted by Crippen LogP contribution is 2.43. The van der Waals surface area contributed by atoms with Crippen molar-refractivity contribution in [2.24, 2.45) is 0 Å². The van der Waals surface area contributed by atoms with E-state index in [0.717, 1.165) is 98.6 Å². The van der Waals surface area contributed by atoms with Gasteiger partial charge >= 0.3 is 0 Å². The Kier molecular flexibility index (Phi) is 6.56. The number of benzene rings is 9. The summed E-state index contributed by atoms with van der Waals surface area (Å²) in [6, 6.07) is 60.9. The van der Waals surface area contributed by atoms with E-state index in [1.807, 2.05) is 48.5 Å². The third-order valence-electron chi connectivity index (χ3n) is 11.1. The molecule has 0 fully saturated rings. The first-order chi connectivity index (χ1) is 27.7. The number of aromatic nitrogens is 3. The first-order valence-corrected chi connectivity index (χ1v) is 18.8. The van der Waals surface area contributed by atoms with Gasteiger partial charge in [0.25, 0.3) is 0 Å². The van der Waals surface area contributed by atoms with E-state index in [2.05, 4.69) is 127 Å². The molecule has 3 aromatic heterocycles. The van der Waals surface area contributed by atoms with Crippen LogP contribution in [-0.4, -0.2) is 15.0 Å². The maximum atomic E-state index is 6.62. The number of hydrogen-bond acceptors (Lipinski definition) is 5. The van der Waals surface area contributed by atoms with Crippen LogP contribution in [0.15, 0.2) is 185 Å². The van der Waals surface area contributed by atoms with Gasteiger partial charge in [-0.05, 0) is 74.5 Å². The molecule has 5 nitrogen and oxygen atoms in total. The van der Waals surface area contributed by atoms with E-state index in [1.54, 1.807) is 0 Å². The molecule has 0 aliphatic heterocycles. The zero-order valence-electron chi connectivity index (χ0n) is 29.9. The largest absolute Gasteiger partial charge is 0.456 e. The number of furan rings is 2. The first-order valence-electron chi connectivity index (χ1n) is 18.8. The number of nitrogens with zero attached hydrogens (tertiary/aromatic N) is 3. The van der Waals surface area contributed by atoms with Crippen LogP contribution in [0.4, 0.5) is 0 Å². The van der Waals surface area contributed by atoms with E-state index in [4.69, 9.17) is 23.8 Å². The summed E-state index contributed by atoms with van der Waals surface area (Å²) in [5.74, 6) is 1.80. The van der Waals surface area contributed by atoms with Crippen molar-refractivity contribution < 1.29 is 8.83 Å². The Balaban J connectivity index is 1.11. The second-order valence-corrected chi connectivity index (χ2v) is 14.3. The molecule has 0 atom stereocenters. The molecule has 0 saturated carbocycles. The molecule has 56 heavy (non-hydrogen) atoms. The normalized spacial score (nSPS) is 11.9. The van der Waals surface area contributed by atoms with E-state index in [9.17, 15) is 0 Å². The van der Waals surface area contributed by atoms with Crippen molar-refractivity contribution in [1.82, 2.24) is 15.0 Å².